The fourth-order valence-corrected chi connectivity index (χ4v) is 5.46. The number of nitrogens with zero attached hydrogens (tertiary/aromatic N) is 3. The minimum Gasteiger partial charge on any atom is -0.377 e. The number of alkyl halides is 3. The summed E-state index contributed by atoms with van der Waals surface area (Å²) in [5.41, 5.74) is 3.27. The Morgan fingerprint density at radius 3 is 2.32 bits per heavy atom. The van der Waals surface area contributed by atoms with Crippen molar-refractivity contribution >= 4 is 49.4 Å². The van der Waals surface area contributed by atoms with Crippen molar-refractivity contribution in [3.63, 3.8) is 0 Å². The summed E-state index contributed by atoms with van der Waals surface area (Å²) in [6.07, 6.45) is -3.33. The largest absolute Gasteiger partial charge is 0.416 e. The lowest BCUT2D eigenvalue weighted by Gasteiger charge is -2.24. The summed E-state index contributed by atoms with van der Waals surface area (Å²) in [6, 6.07) is 15.0. The molecule has 196 valence electrons. The lowest BCUT2D eigenvalue weighted by Crippen LogP contribution is -2.39. The number of carbonyl (C=O) groups excluding carboxylic acids is 1. The van der Waals surface area contributed by atoms with Crippen LogP contribution in [-0.4, -0.2) is 41.2 Å². The number of halogens is 4. The van der Waals surface area contributed by atoms with Crippen LogP contribution in [0, 0.1) is 6.92 Å². The number of amides is 1. The second-order valence-corrected chi connectivity index (χ2v) is 11.0. The van der Waals surface area contributed by atoms with Gasteiger partial charge < -0.3 is 4.90 Å². The van der Waals surface area contributed by atoms with Crippen LogP contribution in [0.5, 0.6) is 0 Å². The molecule has 0 aliphatic rings. The van der Waals surface area contributed by atoms with Gasteiger partial charge in [0.15, 0.2) is 0 Å². The van der Waals surface area contributed by atoms with E-state index in [2.05, 4.69) is 26.5 Å². The van der Waals surface area contributed by atoms with Gasteiger partial charge in [0, 0.05) is 18.6 Å². The molecule has 0 spiro atoms. The Morgan fingerprint density at radius 2 is 1.73 bits per heavy atom. The molecule has 37 heavy (non-hydrogen) atoms. The quantitative estimate of drug-likeness (QED) is 0.287. The van der Waals surface area contributed by atoms with Gasteiger partial charge in [0.2, 0.25) is 0 Å². The number of carbonyl (C=O) groups is 1. The molecular formula is C25H24BrF3N4O3S. The minimum atomic E-state index is -4.70. The number of benzene rings is 3. The third-order valence-electron chi connectivity index (χ3n) is 5.21. The number of rotatable bonds is 8. The lowest BCUT2D eigenvalue weighted by atomic mass is 10.2. The van der Waals surface area contributed by atoms with Crippen molar-refractivity contribution in [3.05, 3.63) is 87.9 Å². The molecule has 0 atom stereocenters. The van der Waals surface area contributed by atoms with E-state index < -0.39 is 34.2 Å². The summed E-state index contributed by atoms with van der Waals surface area (Å²) in [6.45, 7) is 0.969. The predicted octanol–water partition coefficient (Wildman–Crippen LogP) is 5.19. The fourth-order valence-electron chi connectivity index (χ4n) is 3.30. The zero-order valence-electron chi connectivity index (χ0n) is 20.1. The number of aryl methyl sites for hydroxylation is 1. The molecule has 12 heteroatoms. The summed E-state index contributed by atoms with van der Waals surface area (Å²) in [5, 5.41) is 3.87. The van der Waals surface area contributed by atoms with E-state index >= 15 is 0 Å². The van der Waals surface area contributed by atoms with Crippen LogP contribution in [0.3, 0.4) is 0 Å². The van der Waals surface area contributed by atoms with Gasteiger partial charge in [-0.1, -0.05) is 29.8 Å². The molecule has 0 aliphatic heterocycles. The van der Waals surface area contributed by atoms with Gasteiger partial charge in [-0.2, -0.15) is 18.3 Å². The van der Waals surface area contributed by atoms with E-state index in [9.17, 15) is 26.4 Å². The summed E-state index contributed by atoms with van der Waals surface area (Å²) in [4.78, 5) is 14.4. The van der Waals surface area contributed by atoms with Crippen LogP contribution in [0.1, 0.15) is 16.7 Å². The summed E-state index contributed by atoms with van der Waals surface area (Å²) in [5.74, 6) is -0.840. The first-order valence-corrected chi connectivity index (χ1v) is 13.1. The molecule has 3 aromatic carbocycles. The highest BCUT2D eigenvalue weighted by Crippen LogP contribution is 2.33. The van der Waals surface area contributed by atoms with Gasteiger partial charge in [0.05, 0.1) is 28.0 Å². The molecule has 3 rings (SSSR count). The summed E-state index contributed by atoms with van der Waals surface area (Å²) in [7, 11) is -0.614. The van der Waals surface area contributed by atoms with Crippen LogP contribution in [0.2, 0.25) is 0 Å². The SMILES string of the molecule is Cc1ccc(S(=O)(=O)N(CC(=O)N/N=C\c2ccc(N(C)C)c(Br)c2)c2cccc(C(F)(F)F)c2)cc1. The highest BCUT2D eigenvalue weighted by molar-refractivity contribution is 9.10. The van der Waals surface area contributed by atoms with Gasteiger partial charge >= 0.3 is 6.18 Å². The van der Waals surface area contributed by atoms with E-state index in [1.54, 1.807) is 31.2 Å². The van der Waals surface area contributed by atoms with Crippen molar-refractivity contribution < 1.29 is 26.4 Å². The van der Waals surface area contributed by atoms with E-state index in [0.717, 1.165) is 27.9 Å². The molecule has 1 N–H and O–H groups in total. The average Bonchev–Trinajstić information content (AvgIpc) is 2.82. The van der Waals surface area contributed by atoms with Crippen LogP contribution < -0.4 is 14.6 Å². The lowest BCUT2D eigenvalue weighted by molar-refractivity contribution is -0.137. The van der Waals surface area contributed by atoms with Crippen LogP contribution in [0.25, 0.3) is 0 Å². The van der Waals surface area contributed by atoms with Crippen LogP contribution in [-0.2, 0) is 21.0 Å². The first-order chi connectivity index (χ1) is 17.3. The number of nitrogens with one attached hydrogen (secondary N) is 1. The third kappa shape index (κ3) is 7.10. The second kappa shape index (κ2) is 11.3. The van der Waals surface area contributed by atoms with Crippen molar-refractivity contribution in [1.82, 2.24) is 5.43 Å². The fraction of sp³-hybridized carbons (Fsp3) is 0.200. The third-order valence-corrected chi connectivity index (χ3v) is 7.64. The number of hydrazone groups is 1. The normalized spacial score (nSPS) is 12.0. The molecule has 1 amide bonds. The zero-order valence-corrected chi connectivity index (χ0v) is 22.5. The Bertz CT molecular complexity index is 1410. The van der Waals surface area contributed by atoms with Crippen LogP contribution in [0.4, 0.5) is 24.5 Å². The van der Waals surface area contributed by atoms with Crippen molar-refractivity contribution in [2.75, 3.05) is 29.8 Å². The second-order valence-electron chi connectivity index (χ2n) is 8.27. The first-order valence-electron chi connectivity index (χ1n) is 10.8. The van der Waals surface area contributed by atoms with E-state index in [1.807, 2.05) is 25.1 Å². The highest BCUT2D eigenvalue weighted by atomic mass is 79.9. The molecule has 0 aliphatic carbocycles. The molecule has 3 aromatic rings. The van der Waals surface area contributed by atoms with Gasteiger partial charge in [0.1, 0.15) is 6.54 Å². The Hall–Kier alpha value is -3.38. The summed E-state index contributed by atoms with van der Waals surface area (Å²) >= 11 is 3.45. The minimum absolute atomic E-state index is 0.169. The summed E-state index contributed by atoms with van der Waals surface area (Å²) < 4.78 is 68.1. The molecule has 0 saturated carbocycles. The van der Waals surface area contributed by atoms with Crippen molar-refractivity contribution in [2.24, 2.45) is 5.10 Å². The molecule has 0 unspecified atom stereocenters. The van der Waals surface area contributed by atoms with Gasteiger partial charge in [-0.3, -0.25) is 9.10 Å². The Morgan fingerprint density at radius 1 is 1.05 bits per heavy atom. The number of hydrogen-bond donors (Lipinski definition) is 1. The number of hydrogen-bond acceptors (Lipinski definition) is 5. The smallest absolute Gasteiger partial charge is 0.377 e. The van der Waals surface area contributed by atoms with E-state index in [1.165, 1.54) is 24.4 Å². The van der Waals surface area contributed by atoms with Crippen molar-refractivity contribution in [3.8, 4) is 0 Å². The highest BCUT2D eigenvalue weighted by Gasteiger charge is 2.33. The van der Waals surface area contributed by atoms with Crippen LogP contribution >= 0.6 is 15.9 Å². The maximum Gasteiger partial charge on any atom is 0.416 e. The molecule has 0 heterocycles. The van der Waals surface area contributed by atoms with Crippen molar-refractivity contribution in [2.45, 2.75) is 18.0 Å². The molecule has 0 aromatic heterocycles. The molecule has 0 radical (unpaired) electrons. The Balaban J connectivity index is 1.88. The molecule has 0 fully saturated rings. The van der Waals surface area contributed by atoms with Gasteiger partial charge in [-0.15, -0.1) is 0 Å². The monoisotopic (exact) mass is 596 g/mol. The molecule has 7 nitrogen and oxygen atoms in total. The standard InChI is InChI=1S/C25H24BrF3N4O3S/c1-17-7-10-21(11-8-17)37(35,36)33(20-6-4-5-19(14-20)25(27,28)29)16-24(34)31-30-15-18-9-12-23(32(2)3)22(26)13-18/h4-15H,16H2,1-3H3,(H,31,34)/b30-15-. The average molecular weight is 597 g/mol. The number of sulfonamides is 1. The Labute approximate surface area is 221 Å². The predicted molar refractivity (Wildman–Crippen MR) is 141 cm³/mol. The van der Waals surface area contributed by atoms with Gasteiger partial charge in [-0.05, 0) is 70.9 Å². The van der Waals surface area contributed by atoms with Crippen molar-refractivity contribution in [1.29, 1.82) is 0 Å². The molecule has 0 bridgehead atoms. The van der Waals surface area contributed by atoms with E-state index in [0.29, 0.717) is 15.9 Å². The Kier molecular flexibility index (Phi) is 8.64. The first kappa shape index (κ1) is 28.2. The van der Waals surface area contributed by atoms with E-state index in [-0.39, 0.29) is 10.6 Å². The van der Waals surface area contributed by atoms with Crippen LogP contribution in [0.15, 0.2) is 81.2 Å². The van der Waals surface area contributed by atoms with Gasteiger partial charge in [0.25, 0.3) is 15.9 Å². The molecular weight excluding hydrogens is 573 g/mol. The molecule has 0 saturated heterocycles. The number of anilines is 2. The zero-order chi connectivity index (χ0) is 27.4. The maximum atomic E-state index is 13.4. The van der Waals surface area contributed by atoms with Gasteiger partial charge in [-0.25, -0.2) is 13.8 Å². The van der Waals surface area contributed by atoms with E-state index in [4.69, 9.17) is 0 Å². The topological polar surface area (TPSA) is 82.1 Å². The maximum absolute atomic E-state index is 13.4.